The Balaban J connectivity index is 2.40. The summed E-state index contributed by atoms with van der Waals surface area (Å²) in [6.07, 6.45) is 1.04. The Morgan fingerprint density at radius 2 is 1.94 bits per heavy atom. The van der Waals surface area contributed by atoms with Crippen molar-refractivity contribution in [1.29, 1.82) is 0 Å². The predicted octanol–water partition coefficient (Wildman–Crippen LogP) is 3.76. The first-order valence-electron chi connectivity index (χ1n) is 6.29. The Bertz CT molecular complexity index is 417. The van der Waals surface area contributed by atoms with Crippen molar-refractivity contribution in [2.24, 2.45) is 5.92 Å². The van der Waals surface area contributed by atoms with Crippen LogP contribution >= 0.6 is 0 Å². The standard InChI is InChI=1S/C14H19F2N/c1-4-7-17-14-9(3)8(2)12-10(14)5-6-11(15)13(12)16/h5-6,8-9,14,17H,4,7H2,1-3H3. The molecule has 0 fully saturated rings. The van der Waals surface area contributed by atoms with Gasteiger partial charge in [-0.1, -0.05) is 26.8 Å². The van der Waals surface area contributed by atoms with Gasteiger partial charge in [-0.2, -0.15) is 0 Å². The highest BCUT2D eigenvalue weighted by molar-refractivity contribution is 5.40. The maximum Gasteiger partial charge on any atom is 0.162 e. The van der Waals surface area contributed by atoms with Crippen LogP contribution in [0.25, 0.3) is 0 Å². The highest BCUT2D eigenvalue weighted by atomic mass is 19.2. The summed E-state index contributed by atoms with van der Waals surface area (Å²) in [5, 5.41) is 3.43. The van der Waals surface area contributed by atoms with Crippen LogP contribution in [0, 0.1) is 17.6 Å². The smallest absolute Gasteiger partial charge is 0.162 e. The van der Waals surface area contributed by atoms with Crippen molar-refractivity contribution < 1.29 is 8.78 Å². The zero-order chi connectivity index (χ0) is 12.6. The molecule has 3 unspecified atom stereocenters. The van der Waals surface area contributed by atoms with E-state index < -0.39 is 11.6 Å². The number of fused-ring (bicyclic) bond motifs is 1. The Labute approximate surface area is 101 Å². The zero-order valence-electron chi connectivity index (χ0n) is 10.6. The quantitative estimate of drug-likeness (QED) is 0.847. The van der Waals surface area contributed by atoms with Crippen molar-refractivity contribution in [3.8, 4) is 0 Å². The molecule has 0 aliphatic heterocycles. The second-order valence-corrected chi connectivity index (χ2v) is 4.94. The van der Waals surface area contributed by atoms with E-state index in [9.17, 15) is 8.78 Å². The minimum Gasteiger partial charge on any atom is -0.310 e. The average molecular weight is 239 g/mol. The maximum atomic E-state index is 13.8. The number of benzene rings is 1. The molecule has 17 heavy (non-hydrogen) atoms. The first-order valence-corrected chi connectivity index (χ1v) is 6.29. The van der Waals surface area contributed by atoms with Gasteiger partial charge in [-0.05, 0) is 42.0 Å². The van der Waals surface area contributed by atoms with Crippen LogP contribution in [-0.4, -0.2) is 6.54 Å². The van der Waals surface area contributed by atoms with Gasteiger partial charge in [0.2, 0.25) is 0 Å². The van der Waals surface area contributed by atoms with Gasteiger partial charge in [0, 0.05) is 6.04 Å². The topological polar surface area (TPSA) is 12.0 Å². The monoisotopic (exact) mass is 239 g/mol. The SMILES string of the molecule is CCCNC1c2ccc(F)c(F)c2C(C)C1C. The van der Waals surface area contributed by atoms with E-state index in [1.54, 1.807) is 6.07 Å². The molecular formula is C14H19F2N. The highest BCUT2D eigenvalue weighted by Gasteiger charge is 2.37. The summed E-state index contributed by atoms with van der Waals surface area (Å²) >= 11 is 0. The number of rotatable bonds is 3. The molecule has 0 saturated carbocycles. The van der Waals surface area contributed by atoms with E-state index in [1.807, 2.05) is 6.92 Å². The molecule has 1 aromatic carbocycles. The summed E-state index contributed by atoms with van der Waals surface area (Å²) in [5.41, 5.74) is 1.49. The van der Waals surface area contributed by atoms with Crippen LogP contribution in [-0.2, 0) is 0 Å². The van der Waals surface area contributed by atoms with Gasteiger partial charge in [0.1, 0.15) is 0 Å². The molecule has 0 saturated heterocycles. The molecule has 0 heterocycles. The molecule has 0 amide bonds. The normalized spacial score (nSPS) is 27.2. The van der Waals surface area contributed by atoms with E-state index in [0.717, 1.165) is 18.5 Å². The van der Waals surface area contributed by atoms with Gasteiger partial charge in [0.15, 0.2) is 11.6 Å². The van der Waals surface area contributed by atoms with Crippen LogP contribution in [0.2, 0.25) is 0 Å². The van der Waals surface area contributed by atoms with Crippen LogP contribution in [0.4, 0.5) is 8.78 Å². The summed E-state index contributed by atoms with van der Waals surface area (Å²) in [4.78, 5) is 0. The van der Waals surface area contributed by atoms with Crippen molar-refractivity contribution in [3.63, 3.8) is 0 Å². The molecule has 1 N–H and O–H groups in total. The first-order chi connectivity index (χ1) is 8.07. The summed E-state index contributed by atoms with van der Waals surface area (Å²) in [7, 11) is 0. The van der Waals surface area contributed by atoms with E-state index in [1.165, 1.54) is 6.07 Å². The lowest BCUT2D eigenvalue weighted by atomic mass is 9.94. The second-order valence-electron chi connectivity index (χ2n) is 4.94. The fraction of sp³-hybridized carbons (Fsp3) is 0.571. The van der Waals surface area contributed by atoms with Crippen molar-refractivity contribution in [2.45, 2.75) is 39.2 Å². The molecule has 94 valence electrons. The molecule has 3 atom stereocenters. The molecule has 0 radical (unpaired) electrons. The van der Waals surface area contributed by atoms with Gasteiger partial charge in [0.25, 0.3) is 0 Å². The van der Waals surface area contributed by atoms with E-state index in [4.69, 9.17) is 0 Å². The fourth-order valence-electron chi connectivity index (χ4n) is 2.75. The predicted molar refractivity (Wildman–Crippen MR) is 65.0 cm³/mol. The van der Waals surface area contributed by atoms with Crippen LogP contribution in [0.5, 0.6) is 0 Å². The third-order valence-electron chi connectivity index (χ3n) is 3.89. The number of halogens is 2. The summed E-state index contributed by atoms with van der Waals surface area (Å²) in [5.74, 6) is -1.04. The van der Waals surface area contributed by atoms with Crippen molar-refractivity contribution >= 4 is 0 Å². The third-order valence-corrected chi connectivity index (χ3v) is 3.89. The molecule has 2 rings (SSSR count). The van der Waals surface area contributed by atoms with Crippen molar-refractivity contribution in [2.75, 3.05) is 6.54 Å². The number of nitrogens with one attached hydrogen (secondary N) is 1. The molecule has 1 aliphatic rings. The number of hydrogen-bond donors (Lipinski definition) is 1. The lowest BCUT2D eigenvalue weighted by Crippen LogP contribution is -2.25. The van der Waals surface area contributed by atoms with Crippen LogP contribution in [0.1, 0.15) is 50.3 Å². The second kappa shape index (κ2) is 4.73. The van der Waals surface area contributed by atoms with Gasteiger partial charge in [-0.3, -0.25) is 0 Å². The minimum absolute atomic E-state index is 0.0649. The Morgan fingerprint density at radius 3 is 2.59 bits per heavy atom. The Hall–Kier alpha value is -0.960. The van der Waals surface area contributed by atoms with Crippen molar-refractivity contribution in [3.05, 3.63) is 34.9 Å². The van der Waals surface area contributed by atoms with Gasteiger partial charge in [-0.15, -0.1) is 0 Å². The Morgan fingerprint density at radius 1 is 1.24 bits per heavy atom. The Kier molecular flexibility index (Phi) is 3.48. The van der Waals surface area contributed by atoms with Crippen LogP contribution in [0.3, 0.4) is 0 Å². The fourth-order valence-corrected chi connectivity index (χ4v) is 2.75. The lowest BCUT2D eigenvalue weighted by Gasteiger charge is -2.20. The van der Waals surface area contributed by atoms with Gasteiger partial charge >= 0.3 is 0 Å². The van der Waals surface area contributed by atoms with Gasteiger partial charge in [-0.25, -0.2) is 8.78 Å². The minimum atomic E-state index is -0.737. The van der Waals surface area contributed by atoms with Crippen LogP contribution in [0.15, 0.2) is 12.1 Å². The zero-order valence-corrected chi connectivity index (χ0v) is 10.6. The van der Waals surface area contributed by atoms with E-state index in [0.29, 0.717) is 11.5 Å². The molecule has 1 nitrogen and oxygen atoms in total. The van der Waals surface area contributed by atoms with Crippen LogP contribution < -0.4 is 5.32 Å². The average Bonchev–Trinajstić information content (AvgIpc) is 2.55. The van der Waals surface area contributed by atoms with E-state index >= 15 is 0 Å². The molecular weight excluding hydrogens is 220 g/mol. The lowest BCUT2D eigenvalue weighted by molar-refractivity contribution is 0.377. The number of hydrogen-bond acceptors (Lipinski definition) is 1. The summed E-state index contributed by atoms with van der Waals surface area (Å²) < 4.78 is 27.1. The van der Waals surface area contributed by atoms with Crippen molar-refractivity contribution in [1.82, 2.24) is 5.32 Å². The maximum absolute atomic E-state index is 13.8. The molecule has 3 heteroatoms. The molecule has 1 aromatic rings. The van der Waals surface area contributed by atoms with Gasteiger partial charge < -0.3 is 5.32 Å². The first kappa shape index (κ1) is 12.5. The van der Waals surface area contributed by atoms with E-state index in [2.05, 4.69) is 19.2 Å². The largest absolute Gasteiger partial charge is 0.310 e. The molecule has 0 aromatic heterocycles. The van der Waals surface area contributed by atoms with Gasteiger partial charge in [0.05, 0.1) is 0 Å². The third kappa shape index (κ3) is 1.97. The summed E-state index contributed by atoms with van der Waals surface area (Å²) in [6.45, 7) is 7.07. The molecule has 0 bridgehead atoms. The molecule has 1 aliphatic carbocycles. The highest BCUT2D eigenvalue weighted by Crippen LogP contribution is 2.46. The molecule has 0 spiro atoms. The summed E-state index contributed by atoms with van der Waals surface area (Å²) in [6, 6.07) is 3.11. The van der Waals surface area contributed by atoms with E-state index in [-0.39, 0.29) is 12.0 Å².